The zero-order valence-electron chi connectivity index (χ0n) is 17.5. The second kappa shape index (κ2) is 8.62. The first-order valence-electron chi connectivity index (χ1n) is 10.6. The number of fused-ring (bicyclic) bond motifs is 3. The number of urea groups is 1. The van der Waals surface area contributed by atoms with Gasteiger partial charge in [0, 0.05) is 35.8 Å². The first-order valence-corrected chi connectivity index (χ1v) is 11.5. The molecule has 5 heterocycles. The number of hydrogen-bond acceptors (Lipinski definition) is 7. The van der Waals surface area contributed by atoms with Gasteiger partial charge in [-0.3, -0.25) is 5.32 Å². The number of pyridine rings is 2. The predicted molar refractivity (Wildman–Crippen MR) is 118 cm³/mol. The van der Waals surface area contributed by atoms with Crippen LogP contribution in [-0.4, -0.2) is 62.2 Å². The van der Waals surface area contributed by atoms with E-state index in [0.717, 1.165) is 33.9 Å². The molecule has 8 nitrogen and oxygen atoms in total. The van der Waals surface area contributed by atoms with Crippen LogP contribution in [0.15, 0.2) is 24.4 Å². The van der Waals surface area contributed by atoms with Crippen LogP contribution in [0.2, 0.25) is 0 Å². The van der Waals surface area contributed by atoms with Gasteiger partial charge in [-0.25, -0.2) is 23.5 Å². The maximum Gasteiger partial charge on any atom is 0.323 e. The molecule has 2 fully saturated rings. The Morgan fingerprint density at radius 1 is 1.25 bits per heavy atom. The molecule has 0 radical (unpaired) electrons. The molecule has 2 bridgehead atoms. The summed E-state index contributed by atoms with van der Waals surface area (Å²) in [6.07, 6.45) is 2.48. The highest BCUT2D eigenvalue weighted by molar-refractivity contribution is 7.14. The summed E-state index contributed by atoms with van der Waals surface area (Å²) in [6.45, 7) is 1.59. The molecule has 3 aromatic heterocycles. The van der Waals surface area contributed by atoms with Gasteiger partial charge in [0.1, 0.15) is 16.5 Å². The smallest absolute Gasteiger partial charge is 0.318 e. The van der Waals surface area contributed by atoms with E-state index in [0.29, 0.717) is 24.2 Å². The van der Waals surface area contributed by atoms with Gasteiger partial charge in [-0.2, -0.15) is 0 Å². The zero-order valence-corrected chi connectivity index (χ0v) is 18.3. The molecule has 2 amide bonds. The SMILES string of the molecule is Cc1nnc(-c2ccc3cnc(NC(=O)N4C5CC[C@H]4CC(NCC(F)F)C5)cc3n2)s1. The van der Waals surface area contributed by atoms with E-state index in [1.54, 1.807) is 12.3 Å². The highest BCUT2D eigenvalue weighted by Gasteiger charge is 2.43. The third-order valence-electron chi connectivity index (χ3n) is 6.08. The Morgan fingerprint density at radius 2 is 2.03 bits per heavy atom. The summed E-state index contributed by atoms with van der Waals surface area (Å²) in [5, 5.41) is 16.5. The van der Waals surface area contributed by atoms with Gasteiger partial charge < -0.3 is 10.2 Å². The molecule has 32 heavy (non-hydrogen) atoms. The lowest BCUT2D eigenvalue weighted by atomic mass is 9.97. The number of carbonyl (C=O) groups excluding carboxylic acids is 1. The molecule has 168 valence electrons. The van der Waals surface area contributed by atoms with Crippen molar-refractivity contribution in [2.45, 2.75) is 57.2 Å². The Hall–Kier alpha value is -2.79. The Morgan fingerprint density at radius 3 is 2.72 bits per heavy atom. The van der Waals surface area contributed by atoms with Gasteiger partial charge >= 0.3 is 6.03 Å². The number of hydrogen-bond donors (Lipinski definition) is 2. The first kappa shape index (κ1) is 21.1. The van der Waals surface area contributed by atoms with Crippen LogP contribution in [0.5, 0.6) is 0 Å². The van der Waals surface area contributed by atoms with Gasteiger partial charge in [0.05, 0.1) is 12.1 Å². The van der Waals surface area contributed by atoms with Crippen molar-refractivity contribution in [2.24, 2.45) is 0 Å². The molecule has 2 unspecified atom stereocenters. The summed E-state index contributed by atoms with van der Waals surface area (Å²) < 4.78 is 25.1. The monoisotopic (exact) mass is 459 g/mol. The van der Waals surface area contributed by atoms with Gasteiger partial charge in [-0.05, 0) is 44.7 Å². The lowest BCUT2D eigenvalue weighted by molar-refractivity contribution is 0.115. The molecule has 0 spiro atoms. The molecule has 3 aromatic rings. The summed E-state index contributed by atoms with van der Waals surface area (Å²) >= 11 is 1.47. The zero-order chi connectivity index (χ0) is 22.2. The largest absolute Gasteiger partial charge is 0.323 e. The third-order valence-corrected chi connectivity index (χ3v) is 6.94. The molecule has 0 saturated carbocycles. The molecule has 2 aliphatic heterocycles. The van der Waals surface area contributed by atoms with Crippen LogP contribution in [0.3, 0.4) is 0 Å². The first-order chi connectivity index (χ1) is 15.5. The number of rotatable bonds is 5. The Balaban J connectivity index is 1.29. The summed E-state index contributed by atoms with van der Waals surface area (Å²) in [6, 6.07) is 5.48. The van der Waals surface area contributed by atoms with Crippen molar-refractivity contribution in [2.75, 3.05) is 11.9 Å². The van der Waals surface area contributed by atoms with Gasteiger partial charge in [0.25, 0.3) is 6.43 Å². The number of aryl methyl sites for hydroxylation is 1. The van der Waals surface area contributed by atoms with E-state index in [9.17, 15) is 13.6 Å². The minimum Gasteiger partial charge on any atom is -0.318 e. The van der Waals surface area contributed by atoms with Crippen molar-refractivity contribution in [3.8, 4) is 10.7 Å². The van der Waals surface area contributed by atoms with E-state index in [-0.39, 0.29) is 30.7 Å². The van der Waals surface area contributed by atoms with Crippen molar-refractivity contribution in [3.05, 3.63) is 29.4 Å². The second-order valence-electron chi connectivity index (χ2n) is 8.28. The molecule has 2 saturated heterocycles. The number of anilines is 1. The number of carbonyl (C=O) groups is 1. The van der Waals surface area contributed by atoms with E-state index < -0.39 is 6.43 Å². The van der Waals surface area contributed by atoms with E-state index in [1.165, 1.54) is 11.3 Å². The predicted octanol–water partition coefficient (Wildman–Crippen LogP) is 3.84. The number of piperidine rings is 1. The fourth-order valence-electron chi connectivity index (χ4n) is 4.71. The van der Waals surface area contributed by atoms with Crippen LogP contribution in [0, 0.1) is 6.92 Å². The molecular formula is C21H23F2N7OS. The van der Waals surface area contributed by atoms with Crippen LogP contribution in [0.1, 0.15) is 30.7 Å². The van der Waals surface area contributed by atoms with Crippen LogP contribution in [0.25, 0.3) is 21.6 Å². The maximum atomic E-state index is 13.0. The molecular weight excluding hydrogens is 436 g/mol. The Labute approximate surface area is 187 Å². The van der Waals surface area contributed by atoms with Gasteiger partial charge in [0.15, 0.2) is 5.01 Å². The molecule has 0 aromatic carbocycles. The fraction of sp³-hybridized carbons (Fsp3) is 0.476. The topological polar surface area (TPSA) is 95.9 Å². The Bertz CT molecular complexity index is 1130. The molecule has 2 N–H and O–H groups in total. The number of nitrogens with zero attached hydrogens (tertiary/aromatic N) is 5. The minimum absolute atomic E-state index is 0.0240. The molecule has 0 aliphatic carbocycles. The number of halogens is 2. The summed E-state index contributed by atoms with van der Waals surface area (Å²) in [5.74, 6) is 0.429. The highest BCUT2D eigenvalue weighted by Crippen LogP contribution is 2.36. The van der Waals surface area contributed by atoms with Crippen LogP contribution < -0.4 is 10.6 Å². The number of nitrogens with one attached hydrogen (secondary N) is 2. The summed E-state index contributed by atoms with van der Waals surface area (Å²) in [4.78, 5) is 23.9. The van der Waals surface area contributed by atoms with Gasteiger partial charge in [0.2, 0.25) is 0 Å². The number of aromatic nitrogens is 4. The van der Waals surface area contributed by atoms with Gasteiger partial charge in [-0.15, -0.1) is 10.2 Å². The van der Waals surface area contributed by atoms with Crippen molar-refractivity contribution in [3.63, 3.8) is 0 Å². The average molecular weight is 460 g/mol. The number of amides is 2. The van der Waals surface area contributed by atoms with Crippen LogP contribution >= 0.6 is 11.3 Å². The van der Waals surface area contributed by atoms with E-state index >= 15 is 0 Å². The van der Waals surface area contributed by atoms with Crippen molar-refractivity contribution < 1.29 is 13.6 Å². The second-order valence-corrected chi connectivity index (χ2v) is 9.46. The summed E-state index contributed by atoms with van der Waals surface area (Å²) in [7, 11) is 0. The quantitative estimate of drug-likeness (QED) is 0.602. The Kier molecular flexibility index (Phi) is 5.68. The van der Waals surface area contributed by atoms with E-state index in [4.69, 9.17) is 0 Å². The highest BCUT2D eigenvalue weighted by atomic mass is 32.1. The molecule has 3 atom stereocenters. The normalized spacial score (nSPS) is 22.6. The van der Waals surface area contributed by atoms with Crippen LogP contribution in [0.4, 0.5) is 19.4 Å². The maximum absolute atomic E-state index is 13.0. The lowest BCUT2D eigenvalue weighted by Gasteiger charge is -2.39. The third kappa shape index (κ3) is 4.26. The van der Waals surface area contributed by atoms with E-state index in [2.05, 4.69) is 30.8 Å². The average Bonchev–Trinajstić information content (AvgIpc) is 3.32. The van der Waals surface area contributed by atoms with Crippen molar-refractivity contribution >= 4 is 34.1 Å². The van der Waals surface area contributed by atoms with Gasteiger partial charge in [-0.1, -0.05) is 11.3 Å². The molecule has 2 aliphatic rings. The fourth-order valence-corrected chi connectivity index (χ4v) is 5.37. The summed E-state index contributed by atoms with van der Waals surface area (Å²) in [5.41, 5.74) is 1.43. The minimum atomic E-state index is -2.36. The lowest BCUT2D eigenvalue weighted by Crippen LogP contribution is -2.53. The molecule has 5 rings (SSSR count). The van der Waals surface area contributed by atoms with Crippen molar-refractivity contribution in [1.82, 2.24) is 30.4 Å². The van der Waals surface area contributed by atoms with Crippen LogP contribution in [-0.2, 0) is 0 Å². The molecule has 11 heteroatoms. The number of alkyl halides is 2. The van der Waals surface area contributed by atoms with E-state index in [1.807, 2.05) is 24.0 Å². The van der Waals surface area contributed by atoms with Crippen molar-refractivity contribution in [1.29, 1.82) is 0 Å². The standard InChI is InChI=1S/C21H23F2N7OS/c1-11-28-29-20(32-11)16-5-2-12-9-25-19(8-17(12)26-16)27-21(31)30-14-3-4-15(30)7-13(6-14)24-10-18(22)23/h2,5,8-9,13-15,18,24H,3-4,6-7,10H2,1H3,(H,25,27,31)/t13?,14-,15?/m0/s1.